The molecule has 5 nitrogen and oxygen atoms in total. The van der Waals surface area contributed by atoms with E-state index in [9.17, 15) is 18.0 Å². The fraction of sp³-hybridized carbons (Fsp3) is 0.280. The Balaban J connectivity index is 0.00000408. The number of carbonyl (C=O) groups is 1. The van der Waals surface area contributed by atoms with Crippen molar-refractivity contribution in [3.05, 3.63) is 89.2 Å². The van der Waals surface area contributed by atoms with E-state index < -0.39 is 23.3 Å². The second-order valence-electron chi connectivity index (χ2n) is 7.82. The lowest BCUT2D eigenvalue weighted by Crippen LogP contribution is -2.36. The summed E-state index contributed by atoms with van der Waals surface area (Å²) >= 11 is 0. The molecule has 0 saturated heterocycles. The summed E-state index contributed by atoms with van der Waals surface area (Å²) in [5.41, 5.74) is 6.55. The van der Waals surface area contributed by atoms with Crippen LogP contribution in [0.4, 0.5) is 18.9 Å². The van der Waals surface area contributed by atoms with Gasteiger partial charge in [-0.2, -0.15) is 13.2 Å². The molecule has 0 unspecified atom stereocenters. The molecule has 1 aromatic heterocycles. The van der Waals surface area contributed by atoms with Gasteiger partial charge in [0.05, 0.1) is 5.56 Å². The summed E-state index contributed by atoms with van der Waals surface area (Å²) in [5, 5.41) is 0. The van der Waals surface area contributed by atoms with Gasteiger partial charge in [-0.3, -0.25) is 9.78 Å². The van der Waals surface area contributed by atoms with Crippen molar-refractivity contribution in [2.45, 2.75) is 32.5 Å². The smallest absolute Gasteiger partial charge is 0.434 e. The second kappa shape index (κ2) is 11.9. The topological polar surface area (TPSA) is 68.5 Å². The van der Waals surface area contributed by atoms with Gasteiger partial charge in [0.1, 0.15) is 12.4 Å². The minimum absolute atomic E-state index is 0. The molecule has 0 aliphatic carbocycles. The molecule has 3 aromatic rings. The normalized spacial score (nSPS) is 11.1. The Hall–Kier alpha value is -3.10. The van der Waals surface area contributed by atoms with Gasteiger partial charge in [-0.05, 0) is 53.4 Å². The first kappa shape index (κ1) is 27.1. The summed E-state index contributed by atoms with van der Waals surface area (Å²) in [6, 6.07) is 17.1. The number of hydrogen-bond donors (Lipinski definition) is 1. The Morgan fingerprint density at radius 3 is 2.26 bits per heavy atom. The first-order valence-corrected chi connectivity index (χ1v) is 10.6. The van der Waals surface area contributed by atoms with E-state index in [1.54, 1.807) is 24.3 Å². The number of ether oxygens (including phenoxy) is 1. The molecule has 34 heavy (non-hydrogen) atoms. The number of amides is 1. The van der Waals surface area contributed by atoms with Crippen LogP contribution in [0, 0.1) is 0 Å². The molecule has 2 N–H and O–H groups in total. The minimum atomic E-state index is -4.74. The maximum absolute atomic E-state index is 13.3. The summed E-state index contributed by atoms with van der Waals surface area (Å²) in [6.07, 6.45) is -3.74. The predicted octanol–water partition coefficient (Wildman–Crippen LogP) is 5.83. The molecule has 0 fully saturated rings. The molecule has 1 amide bonds. The van der Waals surface area contributed by atoms with Gasteiger partial charge in [-0.15, -0.1) is 12.4 Å². The Bertz CT molecular complexity index is 1070. The molecule has 0 atom stereocenters. The largest absolute Gasteiger partial charge is 0.489 e. The molecular weight excluding hydrogens is 467 g/mol. The number of hydrogen-bond acceptors (Lipinski definition) is 4. The van der Waals surface area contributed by atoms with Gasteiger partial charge in [-0.25, -0.2) is 0 Å². The van der Waals surface area contributed by atoms with Gasteiger partial charge in [0.15, 0.2) is 5.69 Å². The first-order chi connectivity index (χ1) is 15.7. The Morgan fingerprint density at radius 2 is 1.71 bits per heavy atom. The molecule has 0 aliphatic rings. The molecule has 0 spiro atoms. The van der Waals surface area contributed by atoms with E-state index in [0.717, 1.165) is 17.8 Å². The molecule has 9 heteroatoms. The number of pyridine rings is 1. The van der Waals surface area contributed by atoms with Crippen molar-refractivity contribution in [2.24, 2.45) is 5.73 Å². The molecule has 0 aliphatic heterocycles. The molecule has 3 rings (SSSR count). The Morgan fingerprint density at radius 1 is 1.06 bits per heavy atom. The third-order valence-corrected chi connectivity index (χ3v) is 5.10. The average molecular weight is 494 g/mol. The quantitative estimate of drug-likeness (QED) is 0.428. The van der Waals surface area contributed by atoms with Gasteiger partial charge in [0.2, 0.25) is 0 Å². The maximum atomic E-state index is 13.3. The van der Waals surface area contributed by atoms with Crippen molar-refractivity contribution in [1.82, 2.24) is 4.98 Å². The zero-order valence-electron chi connectivity index (χ0n) is 18.9. The van der Waals surface area contributed by atoms with Crippen LogP contribution in [0.3, 0.4) is 0 Å². The lowest BCUT2D eigenvalue weighted by atomic mass is 10.0. The molecule has 2 aromatic carbocycles. The van der Waals surface area contributed by atoms with Gasteiger partial charge < -0.3 is 15.4 Å². The van der Waals surface area contributed by atoms with Crippen LogP contribution < -0.4 is 15.4 Å². The van der Waals surface area contributed by atoms with E-state index in [1.807, 2.05) is 12.1 Å². The van der Waals surface area contributed by atoms with Crippen LogP contribution >= 0.6 is 12.4 Å². The maximum Gasteiger partial charge on any atom is 0.434 e. The molecule has 0 radical (unpaired) electrons. The molecule has 182 valence electrons. The number of carbonyl (C=O) groups excluding carboxylic acids is 1. The number of anilines is 1. The highest BCUT2D eigenvalue weighted by Gasteiger charge is 2.38. The number of benzene rings is 2. The fourth-order valence-corrected chi connectivity index (χ4v) is 3.31. The SMILES string of the molecule is CC(C)c1ccc(COc2ccc(N(CCN)C(=O)c3cccnc3C(F)(F)F)cc2)cc1.Cl. The van der Waals surface area contributed by atoms with Crippen molar-refractivity contribution < 1.29 is 22.7 Å². The van der Waals surface area contributed by atoms with E-state index >= 15 is 0 Å². The zero-order chi connectivity index (χ0) is 24.0. The van der Waals surface area contributed by atoms with Gasteiger partial charge in [0.25, 0.3) is 5.91 Å². The molecular formula is C25H27ClF3N3O2. The van der Waals surface area contributed by atoms with E-state index in [0.29, 0.717) is 24.0 Å². The van der Waals surface area contributed by atoms with E-state index in [2.05, 4.69) is 31.0 Å². The lowest BCUT2D eigenvalue weighted by Gasteiger charge is -2.24. The van der Waals surface area contributed by atoms with Crippen LogP contribution in [0.2, 0.25) is 0 Å². The number of aromatic nitrogens is 1. The summed E-state index contributed by atoms with van der Waals surface area (Å²) in [5.74, 6) is 0.203. The van der Waals surface area contributed by atoms with Gasteiger partial charge >= 0.3 is 6.18 Å². The number of halogens is 4. The summed E-state index contributed by atoms with van der Waals surface area (Å²) in [7, 11) is 0. The number of nitrogens with two attached hydrogens (primary N) is 1. The van der Waals surface area contributed by atoms with Crippen molar-refractivity contribution in [3.8, 4) is 5.75 Å². The van der Waals surface area contributed by atoms with E-state index in [4.69, 9.17) is 10.5 Å². The van der Waals surface area contributed by atoms with Crippen molar-refractivity contribution >= 4 is 24.0 Å². The summed E-state index contributed by atoms with van der Waals surface area (Å²) < 4.78 is 45.8. The summed E-state index contributed by atoms with van der Waals surface area (Å²) in [6.45, 7) is 4.76. The van der Waals surface area contributed by atoms with Crippen LogP contribution in [0.1, 0.15) is 46.9 Å². The van der Waals surface area contributed by atoms with Crippen LogP contribution in [-0.2, 0) is 12.8 Å². The highest BCUT2D eigenvalue weighted by Crippen LogP contribution is 2.31. The number of nitrogens with zero attached hydrogens (tertiary/aromatic N) is 2. The van der Waals surface area contributed by atoms with Crippen LogP contribution in [0.15, 0.2) is 66.9 Å². The van der Waals surface area contributed by atoms with Crippen molar-refractivity contribution in [2.75, 3.05) is 18.0 Å². The standard InChI is InChI=1S/C25H26F3N3O2.ClH/c1-17(2)19-7-5-18(6-8-19)16-33-21-11-9-20(10-12-21)31(15-13-29)24(32)22-4-3-14-30-23(22)25(26,27)28;/h3-12,14,17H,13,15-16,29H2,1-2H3;1H. The predicted molar refractivity (Wildman–Crippen MR) is 129 cm³/mol. The van der Waals surface area contributed by atoms with Gasteiger partial charge in [0, 0.05) is 25.0 Å². The third-order valence-electron chi connectivity index (χ3n) is 5.10. The van der Waals surface area contributed by atoms with Crippen LogP contribution in [-0.4, -0.2) is 24.0 Å². The average Bonchev–Trinajstić information content (AvgIpc) is 2.81. The van der Waals surface area contributed by atoms with Crippen molar-refractivity contribution in [1.29, 1.82) is 0 Å². The number of rotatable bonds is 8. The first-order valence-electron chi connectivity index (χ1n) is 10.6. The van der Waals surface area contributed by atoms with Crippen molar-refractivity contribution in [3.63, 3.8) is 0 Å². The number of alkyl halides is 3. The zero-order valence-corrected chi connectivity index (χ0v) is 19.7. The van der Waals surface area contributed by atoms with Crippen LogP contribution in [0.5, 0.6) is 5.75 Å². The molecule has 1 heterocycles. The van der Waals surface area contributed by atoms with Gasteiger partial charge in [-0.1, -0.05) is 38.1 Å². The minimum Gasteiger partial charge on any atom is -0.489 e. The Kier molecular flexibility index (Phi) is 9.46. The summed E-state index contributed by atoms with van der Waals surface area (Å²) in [4.78, 5) is 17.5. The lowest BCUT2D eigenvalue weighted by molar-refractivity contribution is -0.141. The fourth-order valence-electron chi connectivity index (χ4n) is 3.31. The highest BCUT2D eigenvalue weighted by molar-refractivity contribution is 6.07. The monoisotopic (exact) mass is 493 g/mol. The molecule has 0 bridgehead atoms. The molecule has 0 saturated carbocycles. The highest BCUT2D eigenvalue weighted by atomic mass is 35.5. The van der Waals surface area contributed by atoms with E-state index in [1.165, 1.54) is 16.5 Å². The Labute approximate surface area is 203 Å². The van der Waals surface area contributed by atoms with Crippen LogP contribution in [0.25, 0.3) is 0 Å². The third kappa shape index (κ3) is 6.71. The van der Waals surface area contributed by atoms with E-state index in [-0.39, 0.29) is 25.5 Å². The second-order valence-corrected chi connectivity index (χ2v) is 7.82.